The molecule has 1 atom stereocenters. The van der Waals surface area contributed by atoms with Gasteiger partial charge in [-0.05, 0) is 92.8 Å². The van der Waals surface area contributed by atoms with E-state index in [2.05, 4.69) is 5.32 Å². The van der Waals surface area contributed by atoms with Crippen molar-refractivity contribution in [2.24, 2.45) is 0 Å². The molecular weight excluding hydrogens is 534 g/mol. The summed E-state index contributed by atoms with van der Waals surface area (Å²) in [4.78, 5) is 28.6. The fraction of sp³-hybridized carbons (Fsp3) is 0.333. The van der Waals surface area contributed by atoms with Gasteiger partial charge in [0.1, 0.15) is 12.6 Å². The third-order valence-corrected chi connectivity index (χ3v) is 8.84. The van der Waals surface area contributed by atoms with Crippen molar-refractivity contribution in [3.8, 4) is 0 Å². The van der Waals surface area contributed by atoms with Crippen LogP contribution in [0.25, 0.3) is 0 Å². The van der Waals surface area contributed by atoms with Gasteiger partial charge in [-0.2, -0.15) is 0 Å². The minimum Gasteiger partial charge on any atom is -0.355 e. The van der Waals surface area contributed by atoms with Crippen LogP contribution in [0.15, 0.2) is 71.6 Å². The molecule has 7 nitrogen and oxygen atoms in total. The van der Waals surface area contributed by atoms with Gasteiger partial charge in [-0.15, -0.1) is 0 Å². The number of rotatable bonds is 11. The largest absolute Gasteiger partial charge is 0.355 e. The molecule has 3 aromatic rings. The SMILES string of the molecule is CCNC(=O)C(CC)N(Cc1ccccc1C)C(=O)CN(c1ccc(C)c(C)c1)S(=O)(=O)c1ccc(Cl)cc1. The molecule has 0 fully saturated rings. The number of aryl methyl sites for hydroxylation is 3. The molecule has 9 heteroatoms. The number of nitrogens with one attached hydrogen (secondary N) is 1. The molecule has 3 rings (SSSR count). The van der Waals surface area contributed by atoms with Crippen LogP contribution in [-0.2, 0) is 26.2 Å². The van der Waals surface area contributed by atoms with Crippen LogP contribution in [0.5, 0.6) is 0 Å². The molecule has 0 aromatic heterocycles. The Hall–Kier alpha value is -3.36. The van der Waals surface area contributed by atoms with Crippen molar-refractivity contribution in [3.63, 3.8) is 0 Å². The highest BCUT2D eigenvalue weighted by Crippen LogP contribution is 2.27. The van der Waals surface area contributed by atoms with Crippen LogP contribution in [0.4, 0.5) is 5.69 Å². The number of sulfonamides is 1. The van der Waals surface area contributed by atoms with Crippen LogP contribution in [0.2, 0.25) is 5.02 Å². The minimum absolute atomic E-state index is 0.0131. The first-order valence-corrected chi connectivity index (χ1v) is 14.8. The summed E-state index contributed by atoms with van der Waals surface area (Å²) in [6.45, 7) is 9.53. The number of amides is 2. The molecule has 0 bridgehead atoms. The highest BCUT2D eigenvalue weighted by Gasteiger charge is 2.33. The maximum Gasteiger partial charge on any atom is 0.264 e. The third-order valence-electron chi connectivity index (χ3n) is 6.80. The van der Waals surface area contributed by atoms with Gasteiger partial charge in [0.25, 0.3) is 10.0 Å². The van der Waals surface area contributed by atoms with Crippen molar-refractivity contribution in [3.05, 3.63) is 94.0 Å². The Morgan fingerprint density at radius 3 is 2.15 bits per heavy atom. The first kappa shape index (κ1) is 30.2. The summed E-state index contributed by atoms with van der Waals surface area (Å²) >= 11 is 6.01. The average Bonchev–Trinajstić information content (AvgIpc) is 2.90. The van der Waals surface area contributed by atoms with E-state index in [-0.39, 0.29) is 17.3 Å². The number of likely N-dealkylation sites (N-methyl/N-ethyl adjacent to an activating group) is 1. The molecule has 0 saturated carbocycles. The molecule has 3 aromatic carbocycles. The summed E-state index contributed by atoms with van der Waals surface area (Å²) in [5.74, 6) is -0.757. The van der Waals surface area contributed by atoms with Gasteiger partial charge < -0.3 is 10.2 Å². The van der Waals surface area contributed by atoms with Crippen molar-refractivity contribution < 1.29 is 18.0 Å². The molecular formula is C30H36ClN3O4S. The Bertz CT molecular complexity index is 1420. The zero-order chi connectivity index (χ0) is 28.7. The van der Waals surface area contributed by atoms with Gasteiger partial charge in [-0.3, -0.25) is 13.9 Å². The second-order valence-electron chi connectivity index (χ2n) is 9.50. The number of hydrogen-bond donors (Lipinski definition) is 1. The number of carbonyl (C=O) groups excluding carboxylic acids is 2. The summed E-state index contributed by atoms with van der Waals surface area (Å²) in [5.41, 5.74) is 4.11. The van der Waals surface area contributed by atoms with E-state index < -0.39 is 28.5 Å². The second kappa shape index (κ2) is 13.1. The number of halogens is 1. The Labute approximate surface area is 236 Å². The van der Waals surface area contributed by atoms with Crippen LogP contribution in [0, 0.1) is 20.8 Å². The maximum absolute atomic E-state index is 14.1. The molecule has 39 heavy (non-hydrogen) atoms. The van der Waals surface area contributed by atoms with Gasteiger partial charge >= 0.3 is 0 Å². The van der Waals surface area contributed by atoms with Crippen molar-refractivity contribution >= 4 is 39.1 Å². The lowest BCUT2D eigenvalue weighted by Crippen LogP contribution is -2.52. The van der Waals surface area contributed by atoms with E-state index in [0.717, 1.165) is 26.6 Å². The Morgan fingerprint density at radius 1 is 0.897 bits per heavy atom. The molecule has 208 valence electrons. The molecule has 0 radical (unpaired) electrons. The predicted molar refractivity (Wildman–Crippen MR) is 156 cm³/mol. The Kier molecular flexibility index (Phi) is 10.2. The number of carbonyl (C=O) groups is 2. The third kappa shape index (κ3) is 7.19. The molecule has 0 aliphatic carbocycles. The highest BCUT2D eigenvalue weighted by atomic mass is 35.5. The number of anilines is 1. The molecule has 0 aliphatic rings. The lowest BCUT2D eigenvalue weighted by molar-refractivity contribution is -0.140. The van der Waals surface area contributed by atoms with Gasteiger partial charge in [0.2, 0.25) is 11.8 Å². The van der Waals surface area contributed by atoms with Crippen molar-refractivity contribution in [1.29, 1.82) is 0 Å². The predicted octanol–water partition coefficient (Wildman–Crippen LogP) is 5.40. The summed E-state index contributed by atoms with van der Waals surface area (Å²) in [6.07, 6.45) is 0.372. The molecule has 1 unspecified atom stereocenters. The maximum atomic E-state index is 14.1. The molecule has 0 spiro atoms. The van der Waals surface area contributed by atoms with E-state index in [4.69, 9.17) is 11.6 Å². The van der Waals surface area contributed by atoms with Crippen LogP contribution >= 0.6 is 11.6 Å². The monoisotopic (exact) mass is 569 g/mol. The summed E-state index contributed by atoms with van der Waals surface area (Å²) in [5, 5.41) is 3.22. The molecule has 2 amide bonds. The van der Waals surface area contributed by atoms with E-state index in [1.165, 1.54) is 29.2 Å². The van der Waals surface area contributed by atoms with Gasteiger partial charge in [-0.1, -0.05) is 48.9 Å². The summed E-state index contributed by atoms with van der Waals surface area (Å²) < 4.78 is 29.0. The van der Waals surface area contributed by atoms with Crippen LogP contribution < -0.4 is 9.62 Å². The van der Waals surface area contributed by atoms with Gasteiger partial charge in [0.05, 0.1) is 10.6 Å². The fourth-order valence-corrected chi connectivity index (χ4v) is 5.86. The first-order chi connectivity index (χ1) is 18.5. The van der Waals surface area contributed by atoms with Gasteiger partial charge in [0.15, 0.2) is 0 Å². The highest BCUT2D eigenvalue weighted by molar-refractivity contribution is 7.92. The van der Waals surface area contributed by atoms with Crippen molar-refractivity contribution in [2.45, 2.75) is 58.5 Å². The van der Waals surface area contributed by atoms with E-state index in [0.29, 0.717) is 23.7 Å². The van der Waals surface area contributed by atoms with Crippen molar-refractivity contribution in [2.75, 3.05) is 17.4 Å². The lowest BCUT2D eigenvalue weighted by atomic mass is 10.1. The number of hydrogen-bond acceptors (Lipinski definition) is 4. The van der Waals surface area contributed by atoms with E-state index in [1.54, 1.807) is 12.1 Å². The summed E-state index contributed by atoms with van der Waals surface area (Å²) in [7, 11) is -4.15. The van der Waals surface area contributed by atoms with E-state index in [1.807, 2.05) is 65.0 Å². The molecule has 1 N–H and O–H groups in total. The molecule has 0 saturated heterocycles. The van der Waals surface area contributed by atoms with E-state index in [9.17, 15) is 18.0 Å². The van der Waals surface area contributed by atoms with Gasteiger partial charge in [-0.25, -0.2) is 8.42 Å². The standard InChI is InChI=1S/C30H36ClN3O4S/c1-6-28(30(36)32-7-2)33(19-24-11-9-8-10-22(24)4)29(35)20-34(26-15-12-21(3)23(5)18-26)39(37,38)27-16-13-25(31)14-17-27/h8-18,28H,6-7,19-20H2,1-5H3,(H,32,36). The molecule has 0 heterocycles. The minimum atomic E-state index is -4.15. The molecule has 0 aliphatic heterocycles. The number of nitrogens with zero attached hydrogens (tertiary/aromatic N) is 2. The lowest BCUT2D eigenvalue weighted by Gasteiger charge is -2.33. The first-order valence-electron chi connectivity index (χ1n) is 13.0. The van der Waals surface area contributed by atoms with E-state index >= 15 is 0 Å². The zero-order valence-corrected chi connectivity index (χ0v) is 24.6. The quantitative estimate of drug-likeness (QED) is 0.335. The van der Waals surface area contributed by atoms with Crippen LogP contribution in [0.1, 0.15) is 42.5 Å². The Morgan fingerprint density at radius 2 is 1.56 bits per heavy atom. The van der Waals surface area contributed by atoms with Gasteiger partial charge in [0, 0.05) is 18.1 Å². The average molecular weight is 570 g/mol. The van der Waals surface area contributed by atoms with Crippen LogP contribution in [-0.4, -0.2) is 44.3 Å². The van der Waals surface area contributed by atoms with Crippen LogP contribution in [0.3, 0.4) is 0 Å². The topological polar surface area (TPSA) is 86.8 Å². The second-order valence-corrected chi connectivity index (χ2v) is 11.8. The number of benzene rings is 3. The smallest absolute Gasteiger partial charge is 0.264 e. The van der Waals surface area contributed by atoms with Crippen molar-refractivity contribution in [1.82, 2.24) is 10.2 Å². The Balaban J connectivity index is 2.10. The fourth-order valence-electron chi connectivity index (χ4n) is 4.33. The normalized spacial score (nSPS) is 12.1. The summed E-state index contributed by atoms with van der Waals surface area (Å²) in [6, 6.07) is 18.0. The zero-order valence-electron chi connectivity index (χ0n) is 23.1.